The first-order valence-electron chi connectivity index (χ1n) is 16.3. The molecular formula is C37H53IO4S. The van der Waals surface area contributed by atoms with E-state index in [0.717, 1.165) is 17.9 Å². The van der Waals surface area contributed by atoms with E-state index in [1.165, 1.54) is 122 Å². The van der Waals surface area contributed by atoms with Gasteiger partial charge in [0.15, 0.2) is 7.14 Å². The van der Waals surface area contributed by atoms with Gasteiger partial charge in [-0.1, -0.05) is 139 Å². The predicted octanol–water partition coefficient (Wildman–Crippen LogP) is 7.35. The summed E-state index contributed by atoms with van der Waals surface area (Å²) in [4.78, 5) is -0.178. The molecule has 0 saturated heterocycles. The zero-order valence-corrected chi connectivity index (χ0v) is 29.4. The minimum absolute atomic E-state index is 0.0762. The number of benzene rings is 3. The van der Waals surface area contributed by atoms with Crippen LogP contribution in [-0.2, 0) is 10.1 Å². The molecule has 0 atom stereocenters. The summed E-state index contributed by atoms with van der Waals surface area (Å²) < 4.78 is 40.0. The van der Waals surface area contributed by atoms with Gasteiger partial charge in [-0.15, -0.1) is 0 Å². The highest BCUT2D eigenvalue weighted by Crippen LogP contribution is 2.14. The summed E-state index contributed by atoms with van der Waals surface area (Å²) in [6.07, 6.45) is 22.5. The molecule has 0 amide bonds. The summed E-state index contributed by atoms with van der Waals surface area (Å²) in [5.41, 5.74) is 0.928. The quantitative estimate of drug-likeness (QED) is 0.0656. The van der Waals surface area contributed by atoms with Gasteiger partial charge in [-0.25, -0.2) is 8.42 Å². The second-order valence-electron chi connectivity index (χ2n) is 11.3. The number of aryl methyl sites for hydroxylation is 1. The normalized spacial score (nSPS) is 11.1. The summed E-state index contributed by atoms with van der Waals surface area (Å²) in [5, 5.41) is 0. The number of unbranched alkanes of at least 4 members (excludes halogenated alkanes) is 15. The topological polar surface area (TPSA) is 66.4 Å². The summed E-state index contributed by atoms with van der Waals surface area (Å²) in [6, 6.07) is 25.4. The lowest BCUT2D eigenvalue weighted by Crippen LogP contribution is -3.61. The SMILES string of the molecule is CCCCCCCCCCCCCCCCCCOc1ccc([I+]c2ccccc2)cc1.Cc1ccc(S(=O)(=O)[O-])cc1. The van der Waals surface area contributed by atoms with Gasteiger partial charge in [-0.3, -0.25) is 0 Å². The number of hydrogen-bond acceptors (Lipinski definition) is 4. The molecule has 238 valence electrons. The van der Waals surface area contributed by atoms with Gasteiger partial charge in [0.1, 0.15) is 15.9 Å². The van der Waals surface area contributed by atoms with Crippen molar-refractivity contribution < 1.29 is 38.9 Å². The fourth-order valence-corrected chi connectivity index (χ4v) is 7.43. The largest absolute Gasteiger partial charge is 0.744 e. The van der Waals surface area contributed by atoms with Crippen LogP contribution in [0.4, 0.5) is 0 Å². The lowest BCUT2D eigenvalue weighted by molar-refractivity contribution is -0.597. The molecule has 6 heteroatoms. The molecule has 0 aliphatic heterocycles. The molecule has 0 spiro atoms. The Hall–Kier alpha value is -1.90. The Labute approximate surface area is 273 Å². The Morgan fingerprint density at radius 3 is 1.49 bits per heavy atom. The van der Waals surface area contributed by atoms with Crippen molar-refractivity contribution in [1.29, 1.82) is 0 Å². The molecule has 0 N–H and O–H groups in total. The fraction of sp³-hybridized carbons (Fsp3) is 0.514. The highest BCUT2D eigenvalue weighted by Gasteiger charge is 2.14. The molecule has 0 fully saturated rings. The molecule has 0 bridgehead atoms. The molecule has 0 unspecified atom stereocenters. The minimum Gasteiger partial charge on any atom is -0.744 e. The molecule has 4 nitrogen and oxygen atoms in total. The first-order valence-corrected chi connectivity index (χ1v) is 19.9. The van der Waals surface area contributed by atoms with Crippen LogP contribution in [0.2, 0.25) is 0 Å². The van der Waals surface area contributed by atoms with Crippen molar-refractivity contribution in [2.75, 3.05) is 6.61 Å². The van der Waals surface area contributed by atoms with Crippen LogP contribution in [0.25, 0.3) is 0 Å². The average molecular weight is 721 g/mol. The Morgan fingerprint density at radius 2 is 1.02 bits per heavy atom. The van der Waals surface area contributed by atoms with Gasteiger partial charge in [0, 0.05) is 0 Å². The van der Waals surface area contributed by atoms with Gasteiger partial charge >= 0.3 is 21.2 Å². The molecule has 3 rings (SSSR count). The van der Waals surface area contributed by atoms with Crippen LogP contribution >= 0.6 is 0 Å². The Morgan fingerprint density at radius 1 is 0.581 bits per heavy atom. The van der Waals surface area contributed by atoms with Crippen LogP contribution in [-0.4, -0.2) is 19.6 Å². The average Bonchev–Trinajstić information content (AvgIpc) is 3.00. The summed E-state index contributed by atoms with van der Waals surface area (Å²) in [5.74, 6) is 1.02. The summed E-state index contributed by atoms with van der Waals surface area (Å²) >= 11 is -0.0762. The fourth-order valence-electron chi connectivity index (χ4n) is 4.74. The zero-order valence-electron chi connectivity index (χ0n) is 26.4. The highest BCUT2D eigenvalue weighted by atomic mass is 127. The van der Waals surface area contributed by atoms with Crippen molar-refractivity contribution in [3.8, 4) is 5.75 Å². The molecule has 0 aromatic heterocycles. The van der Waals surface area contributed by atoms with Crippen molar-refractivity contribution in [2.24, 2.45) is 0 Å². The summed E-state index contributed by atoms with van der Waals surface area (Å²) in [7, 11) is -4.27. The van der Waals surface area contributed by atoms with Gasteiger partial charge in [0.05, 0.1) is 11.5 Å². The molecule has 3 aromatic rings. The van der Waals surface area contributed by atoms with Crippen molar-refractivity contribution in [3.05, 3.63) is 91.6 Å². The van der Waals surface area contributed by atoms with E-state index in [-0.39, 0.29) is 26.1 Å². The number of ether oxygens (including phenoxy) is 1. The molecule has 43 heavy (non-hydrogen) atoms. The van der Waals surface area contributed by atoms with Gasteiger partial charge < -0.3 is 9.29 Å². The van der Waals surface area contributed by atoms with Crippen LogP contribution in [0, 0.1) is 14.1 Å². The molecule has 0 aliphatic rings. The van der Waals surface area contributed by atoms with Crippen molar-refractivity contribution in [3.63, 3.8) is 0 Å². The Balaban J connectivity index is 0.000000490. The van der Waals surface area contributed by atoms with Crippen LogP contribution in [0.5, 0.6) is 5.75 Å². The molecular weight excluding hydrogens is 667 g/mol. The van der Waals surface area contributed by atoms with E-state index in [1.807, 2.05) is 6.92 Å². The predicted molar refractivity (Wildman–Crippen MR) is 174 cm³/mol. The van der Waals surface area contributed by atoms with Crippen molar-refractivity contribution >= 4 is 10.1 Å². The third kappa shape index (κ3) is 19.2. The lowest BCUT2D eigenvalue weighted by atomic mass is 10.0. The first-order chi connectivity index (χ1) is 20.9. The maximum atomic E-state index is 10.4. The maximum absolute atomic E-state index is 10.4. The van der Waals surface area contributed by atoms with Gasteiger partial charge in [-0.05, 0) is 61.9 Å². The summed E-state index contributed by atoms with van der Waals surface area (Å²) in [6.45, 7) is 4.97. The van der Waals surface area contributed by atoms with Gasteiger partial charge in [0.2, 0.25) is 0 Å². The molecule has 0 saturated carbocycles. The Bertz CT molecular complexity index is 1180. The van der Waals surface area contributed by atoms with Crippen molar-refractivity contribution in [1.82, 2.24) is 0 Å². The van der Waals surface area contributed by atoms with E-state index in [4.69, 9.17) is 4.74 Å². The van der Waals surface area contributed by atoms with E-state index < -0.39 is 10.1 Å². The van der Waals surface area contributed by atoms with E-state index >= 15 is 0 Å². The van der Waals surface area contributed by atoms with E-state index in [1.54, 1.807) is 12.1 Å². The first kappa shape index (κ1) is 37.3. The molecule has 0 heterocycles. The molecule has 0 aliphatic carbocycles. The zero-order chi connectivity index (χ0) is 31.0. The number of halogens is 1. The third-order valence-electron chi connectivity index (χ3n) is 7.34. The van der Waals surface area contributed by atoms with Crippen LogP contribution in [0.1, 0.15) is 115 Å². The second-order valence-corrected chi connectivity index (χ2v) is 15.7. The van der Waals surface area contributed by atoms with Crippen LogP contribution in [0.3, 0.4) is 0 Å². The lowest BCUT2D eigenvalue weighted by Gasteiger charge is -2.06. The van der Waals surface area contributed by atoms with Crippen molar-refractivity contribution in [2.45, 2.75) is 121 Å². The second kappa shape index (κ2) is 23.5. The minimum atomic E-state index is -4.27. The van der Waals surface area contributed by atoms with E-state index in [2.05, 4.69) is 61.5 Å². The number of hydrogen-bond donors (Lipinski definition) is 0. The monoisotopic (exact) mass is 720 g/mol. The van der Waals surface area contributed by atoms with Crippen LogP contribution in [0.15, 0.2) is 83.8 Å². The smallest absolute Gasteiger partial charge is 0.357 e. The molecule has 0 radical (unpaired) electrons. The molecule has 3 aromatic carbocycles. The highest BCUT2D eigenvalue weighted by molar-refractivity contribution is 7.85. The number of rotatable bonds is 21. The van der Waals surface area contributed by atoms with Crippen LogP contribution < -0.4 is 25.9 Å². The van der Waals surface area contributed by atoms with Gasteiger partial charge in [0.25, 0.3) is 0 Å². The van der Waals surface area contributed by atoms with E-state index in [9.17, 15) is 13.0 Å². The maximum Gasteiger partial charge on any atom is 0.357 e. The van der Waals surface area contributed by atoms with E-state index in [0.29, 0.717) is 0 Å². The third-order valence-corrected chi connectivity index (χ3v) is 10.9. The standard InChI is InChI=1S/C30H46IO.C7H8O3S/c1-2-3-4-5-6-7-8-9-10-11-12-13-14-15-16-20-27-32-30-25-23-29(24-26-30)31-28-21-18-17-19-22-28;1-6-2-4-7(5-3-6)11(8,9)10/h17-19,21-26H,2-16,20,27H2,1H3;2-5H,1H3,(H,8,9,10)/q+1;/p-1. The Kier molecular flexibility index (Phi) is 20.4. The van der Waals surface area contributed by atoms with Gasteiger partial charge in [-0.2, -0.15) is 0 Å².